The maximum absolute atomic E-state index is 11.2. The number of aryl methyl sites for hydroxylation is 1. The summed E-state index contributed by atoms with van der Waals surface area (Å²) in [5.41, 5.74) is 7.02. The Morgan fingerprint density at radius 2 is 2.05 bits per heavy atom. The van der Waals surface area contributed by atoms with E-state index in [0.717, 1.165) is 35.9 Å². The van der Waals surface area contributed by atoms with E-state index in [-0.39, 0.29) is 12.5 Å². The molecular weight excluding hydrogens is 254 g/mol. The lowest BCUT2D eigenvalue weighted by atomic mass is 10.1. The summed E-state index contributed by atoms with van der Waals surface area (Å²) in [6.07, 6.45) is 3.35. The van der Waals surface area contributed by atoms with Gasteiger partial charge in [0.1, 0.15) is 5.82 Å². The number of rotatable bonds is 3. The largest absolute Gasteiger partial charge is 0.325 e. The van der Waals surface area contributed by atoms with Crippen LogP contribution < -0.4 is 11.1 Å². The molecule has 0 fully saturated rings. The zero-order valence-corrected chi connectivity index (χ0v) is 11.2. The van der Waals surface area contributed by atoms with Gasteiger partial charge in [-0.15, -0.1) is 10.2 Å². The summed E-state index contributed by atoms with van der Waals surface area (Å²) < 4.78 is 2.18. The highest BCUT2D eigenvalue weighted by molar-refractivity contribution is 5.92. The number of carbonyl (C=O) groups excluding carboxylic acids is 1. The molecule has 2 heterocycles. The van der Waals surface area contributed by atoms with Crippen molar-refractivity contribution in [3.05, 3.63) is 30.1 Å². The average molecular weight is 271 g/mol. The fourth-order valence-electron chi connectivity index (χ4n) is 2.44. The van der Waals surface area contributed by atoms with Crippen molar-refractivity contribution in [2.24, 2.45) is 5.73 Å². The fourth-order valence-corrected chi connectivity index (χ4v) is 2.44. The van der Waals surface area contributed by atoms with Crippen molar-refractivity contribution in [1.29, 1.82) is 0 Å². The molecule has 0 saturated carbocycles. The van der Waals surface area contributed by atoms with Gasteiger partial charge in [-0.2, -0.15) is 0 Å². The van der Waals surface area contributed by atoms with Gasteiger partial charge in [0, 0.05) is 24.2 Å². The Labute approximate surface area is 117 Å². The van der Waals surface area contributed by atoms with Crippen LogP contribution in [0.5, 0.6) is 0 Å². The van der Waals surface area contributed by atoms with Gasteiger partial charge in [0.25, 0.3) is 0 Å². The van der Waals surface area contributed by atoms with Gasteiger partial charge in [0.2, 0.25) is 5.91 Å². The number of amides is 1. The molecule has 6 nitrogen and oxygen atoms in total. The van der Waals surface area contributed by atoms with Crippen molar-refractivity contribution in [3.63, 3.8) is 0 Å². The van der Waals surface area contributed by atoms with Crippen molar-refractivity contribution in [3.8, 4) is 11.4 Å². The topological polar surface area (TPSA) is 85.8 Å². The molecule has 0 radical (unpaired) electrons. The highest BCUT2D eigenvalue weighted by Gasteiger charge is 2.16. The molecular formula is C14H17N5O. The third-order valence-corrected chi connectivity index (χ3v) is 3.47. The van der Waals surface area contributed by atoms with Gasteiger partial charge in [-0.25, -0.2) is 0 Å². The molecule has 6 heteroatoms. The van der Waals surface area contributed by atoms with Gasteiger partial charge < -0.3 is 15.6 Å². The normalized spacial score (nSPS) is 13.8. The van der Waals surface area contributed by atoms with Crippen LogP contribution in [0.25, 0.3) is 11.4 Å². The van der Waals surface area contributed by atoms with E-state index in [2.05, 4.69) is 20.1 Å². The number of carbonyl (C=O) groups is 1. The first-order valence-corrected chi connectivity index (χ1v) is 6.80. The number of nitrogens with one attached hydrogen (secondary N) is 1. The number of nitrogens with two attached hydrogens (primary N) is 1. The summed E-state index contributed by atoms with van der Waals surface area (Å²) in [7, 11) is 0. The predicted molar refractivity (Wildman–Crippen MR) is 76.1 cm³/mol. The molecule has 1 aliphatic heterocycles. The molecule has 0 unspecified atom stereocenters. The van der Waals surface area contributed by atoms with Gasteiger partial charge in [0.05, 0.1) is 6.54 Å². The maximum Gasteiger partial charge on any atom is 0.238 e. The van der Waals surface area contributed by atoms with Gasteiger partial charge in [-0.1, -0.05) is 0 Å². The molecule has 0 aliphatic carbocycles. The zero-order chi connectivity index (χ0) is 13.9. The molecule has 0 atom stereocenters. The van der Waals surface area contributed by atoms with Crippen molar-refractivity contribution >= 4 is 11.6 Å². The number of aromatic nitrogens is 3. The van der Waals surface area contributed by atoms with Crippen LogP contribution in [0.3, 0.4) is 0 Å². The lowest BCUT2D eigenvalue weighted by Gasteiger charge is -2.14. The van der Waals surface area contributed by atoms with E-state index < -0.39 is 0 Å². The van der Waals surface area contributed by atoms with Gasteiger partial charge in [-0.3, -0.25) is 4.79 Å². The Morgan fingerprint density at radius 1 is 1.25 bits per heavy atom. The van der Waals surface area contributed by atoms with E-state index in [9.17, 15) is 4.79 Å². The summed E-state index contributed by atoms with van der Waals surface area (Å²) in [5.74, 6) is 1.76. The Hall–Kier alpha value is -2.21. The molecule has 0 spiro atoms. The summed E-state index contributed by atoms with van der Waals surface area (Å²) in [6, 6.07) is 7.59. The molecule has 1 amide bonds. The summed E-state index contributed by atoms with van der Waals surface area (Å²) in [6.45, 7) is 0.961. The minimum Gasteiger partial charge on any atom is -0.325 e. The zero-order valence-electron chi connectivity index (χ0n) is 11.2. The summed E-state index contributed by atoms with van der Waals surface area (Å²) >= 11 is 0. The third-order valence-electron chi connectivity index (χ3n) is 3.47. The predicted octanol–water partition coefficient (Wildman–Crippen LogP) is 1.18. The van der Waals surface area contributed by atoms with Crippen LogP contribution in [-0.4, -0.2) is 27.2 Å². The molecule has 20 heavy (non-hydrogen) atoms. The molecule has 2 aromatic rings. The Kier molecular flexibility index (Phi) is 3.47. The first kappa shape index (κ1) is 12.8. The van der Waals surface area contributed by atoms with E-state index >= 15 is 0 Å². The number of anilines is 1. The van der Waals surface area contributed by atoms with E-state index in [1.54, 1.807) is 0 Å². The smallest absolute Gasteiger partial charge is 0.238 e. The van der Waals surface area contributed by atoms with Crippen LogP contribution >= 0.6 is 0 Å². The first-order valence-electron chi connectivity index (χ1n) is 6.80. The third kappa shape index (κ3) is 2.42. The fraction of sp³-hybridized carbons (Fsp3) is 0.357. The molecule has 3 rings (SSSR count). The molecule has 3 N–H and O–H groups in total. The van der Waals surface area contributed by atoms with Crippen molar-refractivity contribution in [2.75, 3.05) is 11.9 Å². The minimum absolute atomic E-state index is 0.0144. The minimum atomic E-state index is -0.197. The molecule has 0 bridgehead atoms. The lowest BCUT2D eigenvalue weighted by molar-refractivity contribution is -0.114. The van der Waals surface area contributed by atoms with Crippen molar-refractivity contribution < 1.29 is 4.79 Å². The number of nitrogens with zero attached hydrogens (tertiary/aromatic N) is 3. The molecule has 1 aromatic heterocycles. The standard InChI is InChI=1S/C14H17N5O/c15-9-13(20)16-11-6-4-10(5-7-11)14-18-17-12-3-1-2-8-19(12)14/h4-7H,1-3,8-9,15H2,(H,16,20). The molecule has 104 valence electrons. The summed E-state index contributed by atoms with van der Waals surface area (Å²) in [5, 5.41) is 11.2. The maximum atomic E-state index is 11.2. The quantitative estimate of drug-likeness (QED) is 0.877. The number of benzene rings is 1. The molecule has 1 aromatic carbocycles. The van der Waals surface area contributed by atoms with Crippen molar-refractivity contribution in [1.82, 2.24) is 14.8 Å². The van der Waals surface area contributed by atoms with Gasteiger partial charge in [-0.05, 0) is 37.1 Å². The number of hydrogen-bond acceptors (Lipinski definition) is 4. The van der Waals surface area contributed by atoms with E-state index in [1.165, 1.54) is 12.8 Å². The highest BCUT2D eigenvalue weighted by Crippen LogP contribution is 2.24. The Bertz CT molecular complexity index is 617. The van der Waals surface area contributed by atoms with Crippen LogP contribution in [0.1, 0.15) is 18.7 Å². The van der Waals surface area contributed by atoms with Crippen LogP contribution in [0.2, 0.25) is 0 Å². The lowest BCUT2D eigenvalue weighted by Crippen LogP contribution is -2.21. The Balaban J connectivity index is 1.84. The SMILES string of the molecule is NCC(=O)Nc1ccc(-c2nnc3n2CCCC3)cc1. The summed E-state index contributed by atoms with van der Waals surface area (Å²) in [4.78, 5) is 11.2. The second-order valence-corrected chi connectivity index (χ2v) is 4.88. The Morgan fingerprint density at radius 3 is 2.80 bits per heavy atom. The van der Waals surface area contributed by atoms with Crippen molar-refractivity contribution in [2.45, 2.75) is 25.8 Å². The molecule has 1 aliphatic rings. The van der Waals surface area contributed by atoms with Crippen LogP contribution in [0.15, 0.2) is 24.3 Å². The number of fused-ring (bicyclic) bond motifs is 1. The van der Waals surface area contributed by atoms with Crippen LogP contribution in [-0.2, 0) is 17.8 Å². The van der Waals surface area contributed by atoms with Crippen LogP contribution in [0.4, 0.5) is 5.69 Å². The van der Waals surface area contributed by atoms with Gasteiger partial charge >= 0.3 is 0 Å². The highest BCUT2D eigenvalue weighted by atomic mass is 16.1. The van der Waals surface area contributed by atoms with Crippen LogP contribution in [0, 0.1) is 0 Å². The number of hydrogen-bond donors (Lipinski definition) is 2. The average Bonchev–Trinajstić information content (AvgIpc) is 2.92. The van der Waals surface area contributed by atoms with Gasteiger partial charge in [0.15, 0.2) is 5.82 Å². The monoisotopic (exact) mass is 271 g/mol. The molecule has 0 saturated heterocycles. The second kappa shape index (κ2) is 5.42. The van der Waals surface area contributed by atoms with E-state index in [1.807, 2.05) is 24.3 Å². The second-order valence-electron chi connectivity index (χ2n) is 4.88. The first-order chi connectivity index (χ1) is 9.78. The van der Waals surface area contributed by atoms with E-state index in [4.69, 9.17) is 5.73 Å². The van der Waals surface area contributed by atoms with E-state index in [0.29, 0.717) is 0 Å².